The van der Waals surface area contributed by atoms with Gasteiger partial charge < -0.3 is 4.74 Å². The van der Waals surface area contributed by atoms with Gasteiger partial charge in [0.1, 0.15) is 5.75 Å². The summed E-state index contributed by atoms with van der Waals surface area (Å²) in [5, 5.41) is 0. The van der Waals surface area contributed by atoms with Crippen LogP contribution in [0.15, 0.2) is 71.8 Å². The molecule has 0 aliphatic carbocycles. The summed E-state index contributed by atoms with van der Waals surface area (Å²) in [5.41, 5.74) is 2.39. The molecule has 0 radical (unpaired) electrons. The molecule has 3 rings (SSSR count). The van der Waals surface area contributed by atoms with E-state index in [1.165, 1.54) is 18.3 Å². The molecule has 1 aromatic heterocycles. The number of ether oxygens (including phenoxy) is 1. The van der Waals surface area contributed by atoms with Crippen LogP contribution in [0.2, 0.25) is 0 Å². The zero-order valence-corrected chi connectivity index (χ0v) is 14.7. The van der Waals surface area contributed by atoms with Crippen LogP contribution in [0.3, 0.4) is 0 Å². The number of aromatic nitrogens is 1. The highest BCUT2D eigenvalue weighted by molar-refractivity contribution is 7.92. The highest BCUT2D eigenvalue weighted by atomic mass is 32.2. The van der Waals surface area contributed by atoms with Gasteiger partial charge in [-0.25, -0.2) is 13.4 Å². The van der Waals surface area contributed by atoms with Crippen molar-refractivity contribution in [2.45, 2.75) is 18.7 Å². The summed E-state index contributed by atoms with van der Waals surface area (Å²) in [6.45, 7) is 3.93. The SMILES string of the molecule is Cc1cccc(C)c1Oc1ccc(NS(=O)(=O)c2ccccc2)cn1. The van der Waals surface area contributed by atoms with Crippen LogP contribution in [0.1, 0.15) is 11.1 Å². The van der Waals surface area contributed by atoms with Gasteiger partial charge in [-0.1, -0.05) is 36.4 Å². The number of sulfonamides is 1. The standard InChI is InChI=1S/C19H18N2O3S/c1-14-7-6-8-15(2)19(14)24-18-12-11-16(13-20-18)21-25(22,23)17-9-4-3-5-10-17/h3-13,21H,1-2H3. The lowest BCUT2D eigenvalue weighted by Crippen LogP contribution is -2.12. The summed E-state index contributed by atoms with van der Waals surface area (Å²) in [4.78, 5) is 4.38. The van der Waals surface area contributed by atoms with E-state index >= 15 is 0 Å². The third-order valence-electron chi connectivity index (χ3n) is 3.66. The number of para-hydroxylation sites is 1. The topological polar surface area (TPSA) is 68.3 Å². The van der Waals surface area contributed by atoms with E-state index < -0.39 is 10.0 Å². The van der Waals surface area contributed by atoms with E-state index in [0.717, 1.165) is 16.9 Å². The van der Waals surface area contributed by atoms with Gasteiger partial charge in [0.15, 0.2) is 0 Å². The minimum Gasteiger partial charge on any atom is -0.438 e. The van der Waals surface area contributed by atoms with E-state index in [9.17, 15) is 8.42 Å². The Morgan fingerprint density at radius 3 is 2.16 bits per heavy atom. The van der Waals surface area contributed by atoms with E-state index in [0.29, 0.717) is 11.6 Å². The van der Waals surface area contributed by atoms with Gasteiger partial charge in [0.05, 0.1) is 16.8 Å². The fraction of sp³-hybridized carbons (Fsp3) is 0.105. The molecule has 2 aromatic carbocycles. The van der Waals surface area contributed by atoms with Gasteiger partial charge in [-0.2, -0.15) is 0 Å². The molecule has 0 aliphatic heterocycles. The molecular formula is C19H18N2O3S. The largest absolute Gasteiger partial charge is 0.438 e. The van der Waals surface area contributed by atoms with Crippen molar-refractivity contribution in [1.29, 1.82) is 0 Å². The number of nitrogens with zero attached hydrogens (tertiary/aromatic N) is 1. The van der Waals surface area contributed by atoms with Gasteiger partial charge in [0, 0.05) is 6.07 Å². The van der Waals surface area contributed by atoms with E-state index in [-0.39, 0.29) is 4.90 Å². The first-order valence-corrected chi connectivity index (χ1v) is 9.22. The van der Waals surface area contributed by atoms with Crippen molar-refractivity contribution in [2.24, 2.45) is 0 Å². The Kier molecular flexibility index (Phi) is 4.72. The molecule has 0 amide bonds. The van der Waals surface area contributed by atoms with Crippen LogP contribution in [0.5, 0.6) is 11.6 Å². The van der Waals surface area contributed by atoms with Gasteiger partial charge in [-0.05, 0) is 43.2 Å². The molecule has 0 spiro atoms. The predicted octanol–water partition coefficient (Wildman–Crippen LogP) is 4.29. The summed E-state index contributed by atoms with van der Waals surface area (Å²) >= 11 is 0. The van der Waals surface area contributed by atoms with Crippen LogP contribution in [-0.2, 0) is 10.0 Å². The number of rotatable bonds is 5. The number of benzene rings is 2. The Morgan fingerprint density at radius 1 is 0.880 bits per heavy atom. The van der Waals surface area contributed by atoms with Gasteiger partial charge in [-0.3, -0.25) is 4.72 Å². The van der Waals surface area contributed by atoms with Crippen molar-refractivity contribution in [3.63, 3.8) is 0 Å². The summed E-state index contributed by atoms with van der Waals surface area (Å²) in [6.07, 6.45) is 1.43. The van der Waals surface area contributed by atoms with Crippen LogP contribution in [0.4, 0.5) is 5.69 Å². The summed E-state index contributed by atoms with van der Waals surface area (Å²) in [7, 11) is -3.63. The number of aryl methyl sites for hydroxylation is 2. The maximum absolute atomic E-state index is 12.3. The summed E-state index contributed by atoms with van der Waals surface area (Å²) in [5.74, 6) is 1.16. The molecule has 3 aromatic rings. The second-order valence-electron chi connectivity index (χ2n) is 5.63. The lowest BCUT2D eigenvalue weighted by Gasteiger charge is -2.11. The number of hydrogen-bond donors (Lipinski definition) is 1. The Labute approximate surface area is 147 Å². The van der Waals surface area contributed by atoms with E-state index in [1.54, 1.807) is 30.3 Å². The molecule has 0 bridgehead atoms. The lowest BCUT2D eigenvalue weighted by molar-refractivity contribution is 0.456. The Hall–Kier alpha value is -2.86. The molecular weight excluding hydrogens is 336 g/mol. The summed E-state index contributed by atoms with van der Waals surface area (Å²) in [6, 6.07) is 17.3. The third kappa shape index (κ3) is 3.97. The molecule has 1 N–H and O–H groups in total. The van der Waals surface area contributed by atoms with Gasteiger partial charge in [-0.15, -0.1) is 0 Å². The van der Waals surface area contributed by atoms with E-state index in [2.05, 4.69) is 9.71 Å². The number of hydrogen-bond acceptors (Lipinski definition) is 4. The van der Waals surface area contributed by atoms with Crippen molar-refractivity contribution >= 4 is 15.7 Å². The summed E-state index contributed by atoms with van der Waals surface area (Å²) < 4.78 is 32.9. The molecule has 128 valence electrons. The third-order valence-corrected chi connectivity index (χ3v) is 5.05. The first-order valence-electron chi connectivity index (χ1n) is 7.74. The van der Waals surface area contributed by atoms with Crippen LogP contribution in [-0.4, -0.2) is 13.4 Å². The average molecular weight is 354 g/mol. The lowest BCUT2D eigenvalue weighted by atomic mass is 10.1. The minimum absolute atomic E-state index is 0.200. The smallest absolute Gasteiger partial charge is 0.261 e. The maximum Gasteiger partial charge on any atom is 0.261 e. The first kappa shape index (κ1) is 17.0. The normalized spacial score (nSPS) is 11.1. The molecule has 0 saturated carbocycles. The quantitative estimate of drug-likeness (QED) is 0.742. The Bertz CT molecular complexity index is 949. The van der Waals surface area contributed by atoms with Crippen molar-refractivity contribution in [3.8, 4) is 11.6 Å². The van der Waals surface area contributed by atoms with Crippen LogP contribution in [0, 0.1) is 13.8 Å². The predicted molar refractivity (Wildman–Crippen MR) is 97.5 cm³/mol. The van der Waals surface area contributed by atoms with Crippen molar-refractivity contribution in [3.05, 3.63) is 78.0 Å². The van der Waals surface area contributed by atoms with Crippen molar-refractivity contribution < 1.29 is 13.2 Å². The first-order chi connectivity index (χ1) is 12.0. The van der Waals surface area contributed by atoms with Crippen LogP contribution < -0.4 is 9.46 Å². The fourth-order valence-electron chi connectivity index (χ4n) is 2.38. The van der Waals surface area contributed by atoms with Gasteiger partial charge >= 0.3 is 0 Å². The minimum atomic E-state index is -3.63. The molecule has 5 nitrogen and oxygen atoms in total. The Morgan fingerprint density at radius 2 is 1.56 bits per heavy atom. The molecule has 0 unspecified atom stereocenters. The van der Waals surface area contributed by atoms with Crippen LogP contribution in [0.25, 0.3) is 0 Å². The van der Waals surface area contributed by atoms with Crippen molar-refractivity contribution in [1.82, 2.24) is 4.98 Å². The number of nitrogens with one attached hydrogen (secondary N) is 1. The number of anilines is 1. The monoisotopic (exact) mass is 354 g/mol. The maximum atomic E-state index is 12.3. The van der Waals surface area contributed by atoms with Crippen molar-refractivity contribution in [2.75, 3.05) is 4.72 Å². The molecule has 1 heterocycles. The second kappa shape index (κ2) is 6.94. The highest BCUT2D eigenvalue weighted by Crippen LogP contribution is 2.28. The van der Waals surface area contributed by atoms with Gasteiger partial charge in [0.2, 0.25) is 5.88 Å². The second-order valence-corrected chi connectivity index (χ2v) is 7.31. The fourth-order valence-corrected chi connectivity index (χ4v) is 3.44. The van der Waals surface area contributed by atoms with E-state index in [1.807, 2.05) is 32.0 Å². The molecule has 0 aliphatic rings. The number of pyridine rings is 1. The molecule has 0 atom stereocenters. The molecule has 0 saturated heterocycles. The molecule has 0 fully saturated rings. The molecule has 25 heavy (non-hydrogen) atoms. The van der Waals surface area contributed by atoms with Gasteiger partial charge in [0.25, 0.3) is 10.0 Å². The average Bonchev–Trinajstić information content (AvgIpc) is 2.60. The van der Waals surface area contributed by atoms with Crippen LogP contribution >= 0.6 is 0 Å². The zero-order chi connectivity index (χ0) is 17.9. The Balaban J connectivity index is 1.77. The zero-order valence-electron chi connectivity index (χ0n) is 13.9. The molecule has 6 heteroatoms. The highest BCUT2D eigenvalue weighted by Gasteiger charge is 2.14. The van der Waals surface area contributed by atoms with E-state index in [4.69, 9.17) is 4.74 Å².